The van der Waals surface area contributed by atoms with Crippen LogP contribution in [0.2, 0.25) is 0 Å². The van der Waals surface area contributed by atoms with E-state index in [1.54, 1.807) is 60.7 Å². The fourth-order valence-corrected chi connectivity index (χ4v) is 4.47. The van der Waals surface area contributed by atoms with Gasteiger partial charge < -0.3 is 19.0 Å². The Morgan fingerprint density at radius 3 is 2.29 bits per heavy atom. The number of benzene rings is 2. The van der Waals surface area contributed by atoms with Gasteiger partial charge in [0.1, 0.15) is 18.4 Å². The van der Waals surface area contributed by atoms with Crippen molar-refractivity contribution in [1.82, 2.24) is 10.2 Å². The summed E-state index contributed by atoms with van der Waals surface area (Å²) in [6, 6.07) is 14.7. The van der Waals surface area contributed by atoms with Crippen LogP contribution in [0.4, 0.5) is 13.2 Å². The first-order chi connectivity index (χ1) is 18.0. The molecule has 1 N–H and O–H groups in total. The third-order valence-corrected chi connectivity index (χ3v) is 6.71. The third kappa shape index (κ3) is 5.74. The zero-order valence-electron chi connectivity index (χ0n) is 19.5. The molecular formula is C24H21F3N2O8S. The predicted octanol–water partition coefficient (Wildman–Crippen LogP) is 2.38. The topological polar surface area (TPSA) is 128 Å². The van der Waals surface area contributed by atoms with Crippen LogP contribution in [0.15, 0.2) is 72.1 Å². The van der Waals surface area contributed by atoms with Crippen LogP contribution >= 0.6 is 0 Å². The Bertz CT molecular complexity index is 1350. The van der Waals surface area contributed by atoms with Crippen molar-refractivity contribution in [2.24, 2.45) is 0 Å². The van der Waals surface area contributed by atoms with E-state index >= 15 is 0 Å². The summed E-state index contributed by atoms with van der Waals surface area (Å²) in [4.78, 5) is 38.9. The van der Waals surface area contributed by atoms with E-state index in [0.29, 0.717) is 11.3 Å². The number of allylic oxidation sites excluding steroid dienone is 1. The first kappa shape index (κ1) is 27.0. The zero-order chi connectivity index (χ0) is 27.5. The molecule has 0 bridgehead atoms. The number of hydrogen-bond acceptors (Lipinski definition) is 8. The van der Waals surface area contributed by atoms with Crippen LogP contribution in [0.1, 0.15) is 18.4 Å². The number of rotatable bonds is 9. The minimum absolute atomic E-state index is 0.0889. The van der Waals surface area contributed by atoms with Gasteiger partial charge in [0.25, 0.3) is 11.8 Å². The van der Waals surface area contributed by atoms with E-state index in [1.807, 2.05) is 0 Å². The lowest BCUT2D eigenvalue weighted by atomic mass is 9.86. The summed E-state index contributed by atoms with van der Waals surface area (Å²) in [6.45, 7) is -0.716. The number of carbonyl (C=O) groups excluding carboxylic acids is 3. The highest BCUT2D eigenvalue weighted by Gasteiger charge is 2.56. The van der Waals surface area contributed by atoms with Crippen molar-refractivity contribution >= 4 is 27.9 Å². The summed E-state index contributed by atoms with van der Waals surface area (Å²) >= 11 is 0. The molecule has 10 nitrogen and oxygen atoms in total. The number of β-lactam (4-membered cyclic amide) rings is 1. The molecule has 2 aromatic carbocycles. The van der Waals surface area contributed by atoms with Gasteiger partial charge >= 0.3 is 21.6 Å². The van der Waals surface area contributed by atoms with Crippen LogP contribution in [0.5, 0.6) is 5.75 Å². The normalized spacial score (nSPS) is 19.2. The van der Waals surface area contributed by atoms with E-state index in [9.17, 15) is 36.0 Å². The summed E-state index contributed by atoms with van der Waals surface area (Å²) in [5.41, 5.74) is -5.98. The number of nitrogens with one attached hydrogen (secondary N) is 1. The summed E-state index contributed by atoms with van der Waals surface area (Å²) in [5.74, 6) is -3.20. The van der Waals surface area contributed by atoms with Crippen molar-refractivity contribution in [2.45, 2.75) is 37.0 Å². The molecule has 0 saturated carbocycles. The van der Waals surface area contributed by atoms with Crippen LogP contribution < -0.4 is 10.1 Å². The number of esters is 1. The molecular weight excluding hydrogens is 533 g/mol. The molecule has 4 rings (SSSR count). The number of carbonyl (C=O) groups is 3. The first-order valence-electron chi connectivity index (χ1n) is 11.2. The number of amides is 2. The van der Waals surface area contributed by atoms with Crippen molar-refractivity contribution in [2.75, 3.05) is 6.61 Å². The van der Waals surface area contributed by atoms with Crippen LogP contribution in [-0.2, 0) is 40.0 Å². The molecule has 2 aliphatic rings. The average molecular weight is 554 g/mol. The molecule has 0 spiro atoms. The molecule has 2 heterocycles. The summed E-state index contributed by atoms with van der Waals surface area (Å²) < 4.78 is 76.9. The first-order valence-corrected chi connectivity index (χ1v) is 12.6. The highest BCUT2D eigenvalue weighted by atomic mass is 32.2. The molecule has 14 heteroatoms. The second-order valence-corrected chi connectivity index (χ2v) is 9.82. The maximum Gasteiger partial charge on any atom is 0.534 e. The minimum Gasteiger partial charge on any atom is -0.484 e. The number of fused-ring (bicyclic) bond motifs is 1. The van der Waals surface area contributed by atoms with Crippen LogP contribution in [0, 0.1) is 0 Å². The van der Waals surface area contributed by atoms with Crippen molar-refractivity contribution in [3.63, 3.8) is 0 Å². The Morgan fingerprint density at radius 2 is 1.66 bits per heavy atom. The van der Waals surface area contributed by atoms with E-state index in [4.69, 9.17) is 9.47 Å². The molecule has 2 amide bonds. The molecule has 0 unspecified atom stereocenters. The van der Waals surface area contributed by atoms with Gasteiger partial charge in [-0.25, -0.2) is 4.79 Å². The van der Waals surface area contributed by atoms with Gasteiger partial charge in [0.2, 0.25) is 0 Å². The van der Waals surface area contributed by atoms with Gasteiger partial charge in [-0.15, -0.1) is 0 Å². The van der Waals surface area contributed by atoms with Gasteiger partial charge in [-0.3, -0.25) is 14.5 Å². The number of hydrogen-bond donors (Lipinski definition) is 1. The highest BCUT2D eigenvalue weighted by Crippen LogP contribution is 2.39. The molecule has 2 atom stereocenters. The maximum atomic E-state index is 13.0. The molecule has 1 saturated heterocycles. The number of para-hydroxylation sites is 1. The van der Waals surface area contributed by atoms with Crippen LogP contribution in [0.3, 0.4) is 0 Å². The van der Waals surface area contributed by atoms with Crippen LogP contribution in [-0.4, -0.2) is 55.3 Å². The number of nitrogens with zero attached hydrogens (tertiary/aromatic N) is 1. The zero-order valence-corrected chi connectivity index (χ0v) is 20.3. The average Bonchev–Trinajstić information content (AvgIpc) is 2.89. The molecule has 0 radical (unpaired) electrons. The third-order valence-electron chi connectivity index (χ3n) is 5.72. The quantitative estimate of drug-likeness (QED) is 0.217. The Balaban J connectivity index is 1.51. The maximum absolute atomic E-state index is 13.0. The van der Waals surface area contributed by atoms with Crippen molar-refractivity contribution < 1.29 is 49.6 Å². The second kappa shape index (κ2) is 10.7. The molecule has 0 aliphatic carbocycles. The largest absolute Gasteiger partial charge is 0.534 e. The standard InChI is InChI=1S/C24H21F3N2O8S/c25-24(26,27)38(33,34)37-18-12-11-17-20(28-19(30)14-35-16-9-5-2-6-10-16)22(31)29(17)21(18)23(32)36-13-15-7-3-1-4-8-15/h1-10,17,20H,11-14H2,(H,28,30)/t17-,20+/m1/s1. The van der Waals surface area contributed by atoms with Gasteiger partial charge in [0.15, 0.2) is 18.1 Å². The smallest absolute Gasteiger partial charge is 0.484 e. The molecule has 1 fully saturated rings. The lowest BCUT2D eigenvalue weighted by Crippen LogP contribution is -2.72. The SMILES string of the molecule is O=C(COc1ccccc1)N[C@@H]1C(=O)N2C(C(=O)OCc3ccccc3)=C(OS(=O)(=O)C(F)(F)F)CC[C@H]12. The Kier molecular flexibility index (Phi) is 7.62. The lowest BCUT2D eigenvalue weighted by molar-refractivity contribution is -0.159. The molecule has 0 aromatic heterocycles. The summed E-state index contributed by atoms with van der Waals surface area (Å²) in [7, 11) is -6.12. The Morgan fingerprint density at radius 1 is 1.03 bits per heavy atom. The van der Waals surface area contributed by atoms with E-state index in [1.165, 1.54) is 0 Å². The van der Waals surface area contributed by atoms with Gasteiger partial charge in [0, 0.05) is 6.42 Å². The predicted molar refractivity (Wildman–Crippen MR) is 123 cm³/mol. The van der Waals surface area contributed by atoms with Gasteiger partial charge in [-0.2, -0.15) is 21.6 Å². The van der Waals surface area contributed by atoms with Gasteiger partial charge in [-0.05, 0) is 24.1 Å². The number of alkyl halides is 3. The monoisotopic (exact) mass is 554 g/mol. The lowest BCUT2D eigenvalue weighted by Gasteiger charge is -2.49. The molecule has 202 valence electrons. The fraction of sp³-hybridized carbons (Fsp3) is 0.292. The fourth-order valence-electron chi connectivity index (χ4n) is 3.95. The molecule has 38 heavy (non-hydrogen) atoms. The Labute approximate surface area is 215 Å². The van der Waals surface area contributed by atoms with E-state index in [2.05, 4.69) is 9.50 Å². The number of ether oxygens (including phenoxy) is 2. The summed E-state index contributed by atoms with van der Waals surface area (Å²) in [5, 5.41) is 2.47. The van der Waals surface area contributed by atoms with Crippen molar-refractivity contribution in [3.05, 3.63) is 77.7 Å². The van der Waals surface area contributed by atoms with Gasteiger partial charge in [0.05, 0.1) is 6.04 Å². The summed E-state index contributed by atoms with van der Waals surface area (Å²) in [6.07, 6.45) is -0.527. The molecule has 2 aromatic rings. The van der Waals surface area contributed by atoms with E-state index in [-0.39, 0.29) is 13.0 Å². The number of halogens is 3. The second-order valence-electron chi connectivity index (χ2n) is 8.28. The highest BCUT2D eigenvalue weighted by molar-refractivity contribution is 7.87. The Hall–Kier alpha value is -4.07. The van der Waals surface area contributed by atoms with Crippen molar-refractivity contribution in [3.8, 4) is 5.75 Å². The van der Waals surface area contributed by atoms with Crippen molar-refractivity contribution in [1.29, 1.82) is 0 Å². The van der Waals surface area contributed by atoms with E-state index in [0.717, 1.165) is 4.90 Å². The van der Waals surface area contributed by atoms with Crippen LogP contribution in [0.25, 0.3) is 0 Å². The van der Waals surface area contributed by atoms with E-state index < -0.39 is 70.0 Å². The molecule has 2 aliphatic heterocycles. The van der Waals surface area contributed by atoms with Gasteiger partial charge in [-0.1, -0.05) is 48.5 Å². The minimum atomic E-state index is -6.12.